The van der Waals surface area contributed by atoms with Crippen LogP contribution in [0.4, 0.5) is 11.4 Å². The third-order valence-corrected chi connectivity index (χ3v) is 4.95. The van der Waals surface area contributed by atoms with E-state index in [1.807, 2.05) is 30.3 Å². The first-order valence-corrected chi connectivity index (χ1v) is 9.93. The number of hydrogen-bond acceptors (Lipinski definition) is 6. The van der Waals surface area contributed by atoms with E-state index in [0.29, 0.717) is 28.4 Å². The predicted molar refractivity (Wildman–Crippen MR) is 123 cm³/mol. The predicted octanol–water partition coefficient (Wildman–Crippen LogP) is 4.72. The fourth-order valence-corrected chi connectivity index (χ4v) is 3.35. The number of benzene rings is 3. The zero-order valence-corrected chi connectivity index (χ0v) is 17.9. The molecule has 0 radical (unpaired) electrons. The van der Waals surface area contributed by atoms with Crippen molar-refractivity contribution in [3.05, 3.63) is 94.7 Å². The SMILES string of the molecule is COc1ccc(-c2nn(-c3ccccc3)cc2C(=O)Nc2cccc([N+](=O)[O-])c2)cc1OC. The van der Waals surface area contributed by atoms with Gasteiger partial charge in [0.2, 0.25) is 0 Å². The molecule has 0 bridgehead atoms. The Balaban J connectivity index is 1.78. The van der Waals surface area contributed by atoms with Crippen molar-refractivity contribution in [1.82, 2.24) is 9.78 Å². The number of nitro groups is 1. The smallest absolute Gasteiger partial charge is 0.271 e. The summed E-state index contributed by atoms with van der Waals surface area (Å²) in [6, 6.07) is 20.4. The number of hydrogen-bond donors (Lipinski definition) is 1. The molecule has 0 fully saturated rings. The van der Waals surface area contributed by atoms with Crippen LogP contribution >= 0.6 is 0 Å². The van der Waals surface area contributed by atoms with Gasteiger partial charge in [0.05, 0.1) is 30.4 Å². The van der Waals surface area contributed by atoms with Crippen molar-refractivity contribution in [1.29, 1.82) is 0 Å². The molecule has 1 N–H and O–H groups in total. The summed E-state index contributed by atoms with van der Waals surface area (Å²) in [5.74, 6) is 0.586. The summed E-state index contributed by atoms with van der Waals surface area (Å²) in [6.07, 6.45) is 1.62. The van der Waals surface area contributed by atoms with Gasteiger partial charge in [-0.2, -0.15) is 5.10 Å². The second kappa shape index (κ2) is 9.23. The van der Waals surface area contributed by atoms with E-state index in [1.165, 1.54) is 25.3 Å². The first-order valence-electron chi connectivity index (χ1n) is 9.93. The van der Waals surface area contributed by atoms with Crippen molar-refractivity contribution in [3.63, 3.8) is 0 Å². The number of nitro benzene ring substituents is 1. The van der Waals surface area contributed by atoms with E-state index in [1.54, 1.807) is 42.3 Å². The lowest BCUT2D eigenvalue weighted by atomic mass is 10.1. The highest BCUT2D eigenvalue weighted by Crippen LogP contribution is 2.33. The van der Waals surface area contributed by atoms with E-state index in [0.717, 1.165) is 5.69 Å². The van der Waals surface area contributed by atoms with Crippen molar-refractivity contribution in [2.45, 2.75) is 0 Å². The van der Waals surface area contributed by atoms with Crippen LogP contribution in [0.3, 0.4) is 0 Å². The molecule has 0 atom stereocenters. The number of rotatable bonds is 7. The maximum atomic E-state index is 13.2. The van der Waals surface area contributed by atoms with E-state index < -0.39 is 10.8 Å². The van der Waals surface area contributed by atoms with Crippen LogP contribution in [0.1, 0.15) is 10.4 Å². The molecule has 0 aliphatic rings. The number of methoxy groups -OCH3 is 2. The van der Waals surface area contributed by atoms with Crippen LogP contribution in [-0.4, -0.2) is 34.8 Å². The third kappa shape index (κ3) is 4.52. The highest BCUT2D eigenvalue weighted by Gasteiger charge is 2.21. The largest absolute Gasteiger partial charge is 0.493 e. The number of aromatic nitrogens is 2. The van der Waals surface area contributed by atoms with Crippen molar-refractivity contribution < 1.29 is 19.2 Å². The summed E-state index contributed by atoms with van der Waals surface area (Å²) < 4.78 is 12.3. The summed E-state index contributed by atoms with van der Waals surface area (Å²) in [4.78, 5) is 23.8. The van der Waals surface area contributed by atoms with Crippen LogP contribution in [0.15, 0.2) is 79.0 Å². The fraction of sp³-hybridized carbons (Fsp3) is 0.0833. The lowest BCUT2D eigenvalue weighted by Gasteiger charge is -2.10. The molecule has 4 rings (SSSR count). The van der Waals surface area contributed by atoms with Crippen molar-refractivity contribution in [3.8, 4) is 28.4 Å². The minimum absolute atomic E-state index is 0.118. The van der Waals surface area contributed by atoms with Crippen LogP contribution < -0.4 is 14.8 Å². The molecule has 1 aromatic heterocycles. The van der Waals surface area contributed by atoms with Gasteiger partial charge in [-0.15, -0.1) is 0 Å². The standard InChI is InChI=1S/C24H20N4O5/c1-32-21-12-11-16(13-22(21)33-2)23-20(15-27(26-23)18-8-4-3-5-9-18)24(29)25-17-7-6-10-19(14-17)28(30)31/h3-15H,1-2H3,(H,25,29). The van der Waals surface area contributed by atoms with E-state index in [-0.39, 0.29) is 11.3 Å². The van der Waals surface area contributed by atoms with E-state index >= 15 is 0 Å². The molecule has 0 unspecified atom stereocenters. The Bertz CT molecular complexity index is 1320. The summed E-state index contributed by atoms with van der Waals surface area (Å²) in [5, 5.41) is 18.4. The van der Waals surface area contributed by atoms with Gasteiger partial charge in [-0.25, -0.2) is 4.68 Å². The molecular formula is C24H20N4O5. The first-order chi connectivity index (χ1) is 16.0. The number of carbonyl (C=O) groups is 1. The molecule has 9 nitrogen and oxygen atoms in total. The maximum Gasteiger partial charge on any atom is 0.271 e. The number of amides is 1. The monoisotopic (exact) mass is 444 g/mol. The van der Waals surface area contributed by atoms with Crippen LogP contribution in [0.5, 0.6) is 11.5 Å². The fourth-order valence-electron chi connectivity index (χ4n) is 3.35. The topological polar surface area (TPSA) is 109 Å². The van der Waals surface area contributed by atoms with Crippen molar-refractivity contribution in [2.24, 2.45) is 0 Å². The Morgan fingerprint density at radius 3 is 2.42 bits per heavy atom. The second-order valence-electron chi connectivity index (χ2n) is 7.00. The quantitative estimate of drug-likeness (QED) is 0.326. The normalized spacial score (nSPS) is 10.5. The molecular weight excluding hydrogens is 424 g/mol. The number of para-hydroxylation sites is 1. The number of ether oxygens (including phenoxy) is 2. The molecule has 9 heteroatoms. The zero-order valence-electron chi connectivity index (χ0n) is 17.9. The minimum atomic E-state index is -0.516. The summed E-state index contributed by atoms with van der Waals surface area (Å²) in [7, 11) is 3.07. The minimum Gasteiger partial charge on any atom is -0.493 e. The molecule has 33 heavy (non-hydrogen) atoms. The number of carbonyl (C=O) groups excluding carboxylic acids is 1. The van der Waals surface area contributed by atoms with Gasteiger partial charge in [-0.3, -0.25) is 14.9 Å². The van der Waals surface area contributed by atoms with E-state index in [2.05, 4.69) is 10.4 Å². The molecule has 0 aliphatic carbocycles. The zero-order chi connectivity index (χ0) is 23.4. The van der Waals surface area contributed by atoms with Crippen LogP contribution in [0.25, 0.3) is 16.9 Å². The molecule has 1 heterocycles. The van der Waals surface area contributed by atoms with Gasteiger partial charge in [0.1, 0.15) is 5.69 Å². The number of nitrogens with one attached hydrogen (secondary N) is 1. The number of anilines is 1. The highest BCUT2D eigenvalue weighted by molar-refractivity contribution is 6.08. The van der Waals surface area contributed by atoms with Crippen LogP contribution in [0.2, 0.25) is 0 Å². The van der Waals surface area contributed by atoms with E-state index in [9.17, 15) is 14.9 Å². The highest BCUT2D eigenvalue weighted by atomic mass is 16.6. The Kier molecular flexibility index (Phi) is 6.03. The number of non-ortho nitro benzene ring substituents is 1. The van der Waals surface area contributed by atoms with Gasteiger partial charge in [-0.05, 0) is 36.4 Å². The first kappa shape index (κ1) is 21.6. The van der Waals surface area contributed by atoms with Crippen LogP contribution in [0, 0.1) is 10.1 Å². The van der Waals surface area contributed by atoms with Gasteiger partial charge in [0, 0.05) is 29.6 Å². The Labute approximate surface area is 189 Å². The lowest BCUT2D eigenvalue weighted by molar-refractivity contribution is -0.384. The van der Waals surface area contributed by atoms with Gasteiger partial charge < -0.3 is 14.8 Å². The summed E-state index contributed by atoms with van der Waals surface area (Å²) in [5.41, 5.74) is 2.31. The van der Waals surface area contributed by atoms with Crippen LogP contribution in [-0.2, 0) is 0 Å². The second-order valence-corrected chi connectivity index (χ2v) is 7.00. The molecule has 0 spiro atoms. The third-order valence-electron chi connectivity index (χ3n) is 4.95. The average Bonchev–Trinajstić information content (AvgIpc) is 3.30. The molecule has 3 aromatic carbocycles. The lowest BCUT2D eigenvalue weighted by Crippen LogP contribution is -2.12. The molecule has 4 aromatic rings. The average molecular weight is 444 g/mol. The molecule has 0 saturated heterocycles. The van der Waals surface area contributed by atoms with Gasteiger partial charge in [-0.1, -0.05) is 24.3 Å². The molecule has 1 amide bonds. The molecule has 166 valence electrons. The maximum absolute atomic E-state index is 13.2. The summed E-state index contributed by atoms with van der Waals surface area (Å²) in [6.45, 7) is 0. The van der Waals surface area contributed by atoms with Gasteiger partial charge in [0.25, 0.3) is 11.6 Å². The Morgan fingerprint density at radius 2 is 1.73 bits per heavy atom. The molecule has 0 aliphatic heterocycles. The van der Waals surface area contributed by atoms with Gasteiger partial charge in [0.15, 0.2) is 11.5 Å². The number of nitrogens with zero attached hydrogens (tertiary/aromatic N) is 3. The van der Waals surface area contributed by atoms with Crippen molar-refractivity contribution >= 4 is 17.3 Å². The van der Waals surface area contributed by atoms with Gasteiger partial charge >= 0.3 is 0 Å². The Hall–Kier alpha value is -4.66. The van der Waals surface area contributed by atoms with Crippen molar-refractivity contribution in [2.75, 3.05) is 19.5 Å². The molecule has 0 saturated carbocycles. The Morgan fingerprint density at radius 1 is 0.970 bits per heavy atom. The summed E-state index contributed by atoms with van der Waals surface area (Å²) >= 11 is 0. The van der Waals surface area contributed by atoms with E-state index in [4.69, 9.17) is 9.47 Å².